The summed E-state index contributed by atoms with van der Waals surface area (Å²) < 4.78 is 0. The van der Waals surface area contributed by atoms with E-state index in [2.05, 4.69) is 55.4 Å². The second-order valence-electron chi connectivity index (χ2n) is 9.10. The van der Waals surface area contributed by atoms with E-state index in [9.17, 15) is 0 Å². The van der Waals surface area contributed by atoms with E-state index in [1.54, 1.807) is 0 Å². The van der Waals surface area contributed by atoms with Gasteiger partial charge in [-0.3, -0.25) is 10.4 Å². The largest absolute Gasteiger partial charge is 0.354 e. The summed E-state index contributed by atoms with van der Waals surface area (Å²) in [7, 11) is 0. The highest BCUT2D eigenvalue weighted by Crippen LogP contribution is 2.40. The number of rotatable bonds is 4. The van der Waals surface area contributed by atoms with Gasteiger partial charge in [0.15, 0.2) is 0 Å². The number of H-pyrrole nitrogens is 1. The maximum absolute atomic E-state index is 5.23. The van der Waals surface area contributed by atoms with Gasteiger partial charge in [0, 0.05) is 21.9 Å². The Bertz CT molecular complexity index is 1250. The molecule has 152 valence electrons. The molecule has 0 atom stereocenters. The number of nitrogens with one attached hydrogen (secondary N) is 2. The minimum absolute atomic E-state index is 0.125. The molecule has 0 aliphatic heterocycles. The summed E-state index contributed by atoms with van der Waals surface area (Å²) in [5, 5.41) is 7.41. The van der Waals surface area contributed by atoms with Gasteiger partial charge < -0.3 is 4.98 Å². The van der Waals surface area contributed by atoms with Crippen LogP contribution in [0.3, 0.4) is 0 Å². The third-order valence-electron chi connectivity index (χ3n) is 5.96. The van der Waals surface area contributed by atoms with Gasteiger partial charge in [0.25, 0.3) is 0 Å². The van der Waals surface area contributed by atoms with E-state index in [-0.39, 0.29) is 5.41 Å². The highest BCUT2D eigenvalue weighted by atomic mass is 15.3. The van der Waals surface area contributed by atoms with E-state index in [1.807, 2.05) is 30.3 Å². The number of aromatic nitrogens is 2. The topological polar surface area (TPSA) is 53.1 Å². The number of para-hydroxylation sites is 2. The number of nitrogens with zero attached hydrogens (tertiary/aromatic N) is 2. The molecule has 4 aromatic rings. The maximum Gasteiger partial charge on any atom is 0.0724 e. The number of anilines is 1. The predicted molar refractivity (Wildman–Crippen MR) is 126 cm³/mol. The first-order chi connectivity index (χ1) is 14.6. The van der Waals surface area contributed by atoms with Crippen LogP contribution in [0.1, 0.15) is 50.6 Å². The number of pyridine rings is 1. The highest BCUT2D eigenvalue weighted by molar-refractivity contribution is 6.18. The van der Waals surface area contributed by atoms with Crippen molar-refractivity contribution in [1.29, 1.82) is 0 Å². The van der Waals surface area contributed by atoms with Crippen molar-refractivity contribution >= 4 is 33.2 Å². The Labute approximate surface area is 177 Å². The van der Waals surface area contributed by atoms with Gasteiger partial charge in [0.1, 0.15) is 0 Å². The van der Waals surface area contributed by atoms with E-state index < -0.39 is 0 Å². The summed E-state index contributed by atoms with van der Waals surface area (Å²) >= 11 is 0. The molecule has 2 aromatic carbocycles. The minimum atomic E-state index is 0.125. The van der Waals surface area contributed by atoms with Gasteiger partial charge in [-0.15, -0.1) is 0 Å². The second-order valence-corrected chi connectivity index (χ2v) is 9.10. The molecule has 30 heavy (non-hydrogen) atoms. The number of hydrogen-bond donors (Lipinski definition) is 2. The van der Waals surface area contributed by atoms with Gasteiger partial charge in [-0.25, -0.2) is 0 Å². The Morgan fingerprint density at radius 3 is 2.60 bits per heavy atom. The van der Waals surface area contributed by atoms with Crippen LogP contribution in [0.15, 0.2) is 59.7 Å². The van der Waals surface area contributed by atoms with Crippen molar-refractivity contribution in [1.82, 2.24) is 9.97 Å². The van der Waals surface area contributed by atoms with Crippen molar-refractivity contribution < 1.29 is 0 Å². The van der Waals surface area contributed by atoms with E-state index in [1.165, 1.54) is 38.8 Å². The second kappa shape index (κ2) is 7.28. The Morgan fingerprint density at radius 1 is 1.03 bits per heavy atom. The normalized spacial score (nSPS) is 16.8. The molecule has 0 amide bonds. The fourth-order valence-electron chi connectivity index (χ4n) is 4.70. The summed E-state index contributed by atoms with van der Waals surface area (Å²) in [6, 6.07) is 18.7. The lowest BCUT2D eigenvalue weighted by Gasteiger charge is -2.32. The van der Waals surface area contributed by atoms with Gasteiger partial charge in [-0.05, 0) is 42.9 Å². The number of benzene rings is 2. The quantitative estimate of drug-likeness (QED) is 0.389. The zero-order chi connectivity index (χ0) is 20.7. The summed E-state index contributed by atoms with van der Waals surface area (Å²) in [6.07, 6.45) is 3.95. The monoisotopic (exact) mass is 396 g/mol. The van der Waals surface area contributed by atoms with Gasteiger partial charge in [-0.2, -0.15) is 5.10 Å². The zero-order valence-corrected chi connectivity index (χ0v) is 17.9. The highest BCUT2D eigenvalue weighted by Gasteiger charge is 2.33. The predicted octanol–water partition coefficient (Wildman–Crippen LogP) is 6.46. The molecule has 2 aromatic heterocycles. The Morgan fingerprint density at radius 2 is 1.80 bits per heavy atom. The average Bonchev–Trinajstić information content (AvgIpc) is 3.11. The van der Waals surface area contributed by atoms with E-state index in [0.29, 0.717) is 0 Å². The van der Waals surface area contributed by atoms with Crippen LogP contribution < -0.4 is 5.43 Å². The van der Waals surface area contributed by atoms with Crippen LogP contribution in [0.5, 0.6) is 0 Å². The van der Waals surface area contributed by atoms with Crippen LogP contribution in [-0.4, -0.2) is 15.7 Å². The van der Waals surface area contributed by atoms with Crippen molar-refractivity contribution in [3.8, 4) is 0 Å². The summed E-state index contributed by atoms with van der Waals surface area (Å²) in [6.45, 7) is 6.84. The third-order valence-corrected chi connectivity index (χ3v) is 5.96. The molecule has 2 N–H and O–H groups in total. The Kier molecular flexibility index (Phi) is 4.58. The van der Waals surface area contributed by atoms with E-state index in [0.717, 1.165) is 37.1 Å². The number of aryl methyl sites for hydroxylation is 1. The van der Waals surface area contributed by atoms with Gasteiger partial charge in [0.2, 0.25) is 0 Å². The molecule has 4 nitrogen and oxygen atoms in total. The fraction of sp³-hybridized carbons (Fsp3) is 0.308. The SMILES string of the molecule is CCCc1nc2c(c3[nH]c4ccccc4c13)/C(=N\Nc1ccccc1)CC(C)(C)C2. The van der Waals surface area contributed by atoms with Crippen molar-refractivity contribution in [2.75, 3.05) is 5.43 Å². The van der Waals surface area contributed by atoms with Crippen LogP contribution in [0.2, 0.25) is 0 Å². The van der Waals surface area contributed by atoms with Crippen molar-refractivity contribution in [2.24, 2.45) is 10.5 Å². The molecule has 0 bridgehead atoms. The molecule has 0 saturated carbocycles. The Hall–Kier alpha value is -3.14. The molecular weight excluding hydrogens is 368 g/mol. The van der Waals surface area contributed by atoms with Crippen LogP contribution >= 0.6 is 0 Å². The molecule has 0 fully saturated rings. The van der Waals surface area contributed by atoms with Crippen molar-refractivity contribution in [3.63, 3.8) is 0 Å². The first-order valence-electron chi connectivity index (χ1n) is 10.9. The van der Waals surface area contributed by atoms with Gasteiger partial charge in [-0.1, -0.05) is 63.6 Å². The van der Waals surface area contributed by atoms with Gasteiger partial charge >= 0.3 is 0 Å². The molecule has 0 saturated heterocycles. The third kappa shape index (κ3) is 3.26. The number of hydrazone groups is 1. The minimum Gasteiger partial charge on any atom is -0.354 e. The smallest absolute Gasteiger partial charge is 0.0724 e. The summed E-state index contributed by atoms with van der Waals surface area (Å²) in [4.78, 5) is 8.94. The lowest BCUT2D eigenvalue weighted by Crippen LogP contribution is -2.29. The van der Waals surface area contributed by atoms with Crippen LogP contribution in [0.4, 0.5) is 5.69 Å². The lowest BCUT2D eigenvalue weighted by molar-refractivity contribution is 0.367. The van der Waals surface area contributed by atoms with Crippen molar-refractivity contribution in [3.05, 3.63) is 71.5 Å². The van der Waals surface area contributed by atoms with Crippen LogP contribution in [0, 0.1) is 5.41 Å². The summed E-state index contributed by atoms with van der Waals surface area (Å²) in [5.41, 5.74) is 11.4. The fourth-order valence-corrected chi connectivity index (χ4v) is 4.70. The average molecular weight is 397 g/mol. The molecule has 1 aliphatic rings. The number of aromatic amines is 1. The van der Waals surface area contributed by atoms with Crippen molar-refractivity contribution in [2.45, 2.75) is 46.5 Å². The molecule has 0 radical (unpaired) electrons. The molecule has 1 aliphatic carbocycles. The molecule has 5 rings (SSSR count). The first kappa shape index (κ1) is 18.9. The van der Waals surface area contributed by atoms with Crippen LogP contribution in [0.25, 0.3) is 21.8 Å². The summed E-state index contributed by atoms with van der Waals surface area (Å²) in [5.74, 6) is 0. The molecule has 0 spiro atoms. The van der Waals surface area contributed by atoms with Crippen LogP contribution in [-0.2, 0) is 12.8 Å². The number of fused-ring (bicyclic) bond motifs is 5. The zero-order valence-electron chi connectivity index (χ0n) is 17.9. The lowest BCUT2D eigenvalue weighted by atomic mass is 9.74. The maximum atomic E-state index is 5.23. The molecule has 2 heterocycles. The Balaban J connectivity index is 1.76. The number of hydrogen-bond acceptors (Lipinski definition) is 3. The molecular formula is C26H28N4. The first-order valence-corrected chi connectivity index (χ1v) is 10.9. The standard InChI is InChI=1S/C26H28N4/c1-4-10-20-23-18-13-8-9-14-19(18)28-25(23)24-21(27-20)15-26(2,3)16-22(24)30-29-17-11-6-5-7-12-17/h5-9,11-14,28-29H,4,10,15-16H2,1-3H3/b30-22-. The molecule has 0 unspecified atom stereocenters. The van der Waals surface area contributed by atoms with E-state index >= 15 is 0 Å². The van der Waals surface area contributed by atoms with E-state index in [4.69, 9.17) is 10.1 Å². The molecule has 4 heteroatoms. The van der Waals surface area contributed by atoms with Gasteiger partial charge in [0.05, 0.1) is 28.3 Å².